The van der Waals surface area contributed by atoms with Crippen LogP contribution in [0.5, 0.6) is 0 Å². The van der Waals surface area contributed by atoms with E-state index in [0.717, 1.165) is 32.4 Å². The number of aromatic nitrogens is 1. The minimum absolute atomic E-state index is 0.152. The number of carbonyl (C=O) groups excluding carboxylic acids is 1. The molecule has 0 bridgehead atoms. The second-order valence-corrected chi connectivity index (χ2v) is 9.73. The van der Waals surface area contributed by atoms with Crippen LogP contribution in [0.2, 0.25) is 0 Å². The SMILES string of the molecule is Cc1cccc(Cn2cccc2CN(C(=O)C2CC2c2ccccc2)C2CCCCC2)c1. The zero-order valence-corrected chi connectivity index (χ0v) is 19.1. The molecular formula is C29H34N2O. The molecule has 0 spiro atoms. The summed E-state index contributed by atoms with van der Waals surface area (Å²) in [4.78, 5) is 16.0. The zero-order valence-electron chi connectivity index (χ0n) is 19.1. The fraction of sp³-hybridized carbons (Fsp3) is 0.414. The van der Waals surface area contributed by atoms with Gasteiger partial charge in [-0.2, -0.15) is 0 Å². The van der Waals surface area contributed by atoms with Crippen molar-refractivity contribution in [2.24, 2.45) is 5.92 Å². The van der Waals surface area contributed by atoms with E-state index in [1.165, 1.54) is 41.6 Å². The molecule has 32 heavy (non-hydrogen) atoms. The molecule has 3 heteroatoms. The maximum Gasteiger partial charge on any atom is 0.226 e. The Bertz CT molecular complexity index is 1050. The number of carbonyl (C=O) groups is 1. The first-order valence-electron chi connectivity index (χ1n) is 12.2. The van der Waals surface area contributed by atoms with E-state index in [1.807, 2.05) is 0 Å². The summed E-state index contributed by atoms with van der Waals surface area (Å²) >= 11 is 0. The van der Waals surface area contributed by atoms with E-state index in [4.69, 9.17) is 0 Å². The standard InChI is InChI=1S/C29H34N2O/c1-22-10-8-11-23(18-22)20-30-17-9-16-26(30)21-31(25-14-6-3-7-15-25)29(32)28-19-27(28)24-12-4-2-5-13-24/h2,4-5,8-13,16-18,25,27-28H,3,6-7,14-15,19-21H2,1H3. The molecule has 3 aromatic rings. The van der Waals surface area contributed by atoms with Gasteiger partial charge in [-0.15, -0.1) is 0 Å². The van der Waals surface area contributed by atoms with Crippen molar-refractivity contribution in [2.45, 2.75) is 70.5 Å². The lowest BCUT2D eigenvalue weighted by atomic mass is 9.93. The first-order chi connectivity index (χ1) is 15.7. The minimum atomic E-state index is 0.152. The Kier molecular flexibility index (Phi) is 6.16. The van der Waals surface area contributed by atoms with E-state index in [2.05, 4.69) is 89.3 Å². The highest BCUT2D eigenvalue weighted by atomic mass is 16.2. The summed E-state index contributed by atoms with van der Waals surface area (Å²) in [6.45, 7) is 3.72. The minimum Gasteiger partial charge on any atom is -0.345 e. The Morgan fingerprint density at radius 1 is 0.969 bits per heavy atom. The van der Waals surface area contributed by atoms with Gasteiger partial charge in [-0.1, -0.05) is 79.4 Å². The van der Waals surface area contributed by atoms with Crippen molar-refractivity contribution in [3.8, 4) is 0 Å². The Morgan fingerprint density at radius 3 is 2.56 bits per heavy atom. The second-order valence-electron chi connectivity index (χ2n) is 9.73. The number of hydrogen-bond donors (Lipinski definition) is 0. The van der Waals surface area contributed by atoms with Gasteiger partial charge in [-0.25, -0.2) is 0 Å². The number of benzene rings is 2. The Balaban J connectivity index is 1.35. The molecule has 3 nitrogen and oxygen atoms in total. The first kappa shape index (κ1) is 21.1. The van der Waals surface area contributed by atoms with Gasteiger partial charge >= 0.3 is 0 Å². The van der Waals surface area contributed by atoms with Crippen LogP contribution < -0.4 is 0 Å². The molecule has 2 aliphatic carbocycles. The van der Waals surface area contributed by atoms with Gasteiger partial charge in [0.15, 0.2) is 0 Å². The molecule has 0 aliphatic heterocycles. The van der Waals surface area contributed by atoms with Crippen molar-refractivity contribution in [1.29, 1.82) is 0 Å². The summed E-state index contributed by atoms with van der Waals surface area (Å²) in [7, 11) is 0. The van der Waals surface area contributed by atoms with Crippen molar-refractivity contribution in [3.63, 3.8) is 0 Å². The van der Waals surface area contributed by atoms with Crippen LogP contribution in [0.15, 0.2) is 72.9 Å². The Labute approximate surface area is 192 Å². The summed E-state index contributed by atoms with van der Waals surface area (Å²) in [5.74, 6) is 0.919. The third-order valence-corrected chi connectivity index (χ3v) is 7.33. The van der Waals surface area contributed by atoms with E-state index in [-0.39, 0.29) is 5.92 Å². The maximum absolute atomic E-state index is 13.7. The van der Waals surface area contributed by atoms with Gasteiger partial charge in [0.05, 0.1) is 6.54 Å². The number of hydrogen-bond acceptors (Lipinski definition) is 1. The van der Waals surface area contributed by atoms with Gasteiger partial charge in [-0.05, 0) is 55.4 Å². The molecule has 2 unspecified atom stereocenters. The Hall–Kier alpha value is -2.81. The monoisotopic (exact) mass is 426 g/mol. The molecule has 2 fully saturated rings. The first-order valence-corrected chi connectivity index (χ1v) is 12.2. The van der Waals surface area contributed by atoms with Crippen LogP contribution in [0.3, 0.4) is 0 Å². The molecule has 0 N–H and O–H groups in total. The van der Waals surface area contributed by atoms with E-state index >= 15 is 0 Å². The molecule has 5 rings (SSSR count). The van der Waals surface area contributed by atoms with Crippen molar-refractivity contribution in [3.05, 3.63) is 95.3 Å². The predicted octanol–water partition coefficient (Wildman–Crippen LogP) is 6.31. The van der Waals surface area contributed by atoms with Crippen LogP contribution in [-0.2, 0) is 17.9 Å². The van der Waals surface area contributed by atoms with E-state index in [9.17, 15) is 4.79 Å². The van der Waals surface area contributed by atoms with Gasteiger partial charge in [0.25, 0.3) is 0 Å². The molecule has 1 heterocycles. The fourth-order valence-corrected chi connectivity index (χ4v) is 5.46. The van der Waals surface area contributed by atoms with Gasteiger partial charge < -0.3 is 9.47 Å². The van der Waals surface area contributed by atoms with Gasteiger partial charge in [-0.3, -0.25) is 4.79 Å². The van der Waals surface area contributed by atoms with Gasteiger partial charge in [0, 0.05) is 30.4 Å². The Morgan fingerprint density at radius 2 is 1.78 bits per heavy atom. The van der Waals surface area contributed by atoms with Gasteiger partial charge in [0.2, 0.25) is 5.91 Å². The lowest BCUT2D eigenvalue weighted by molar-refractivity contribution is -0.136. The van der Waals surface area contributed by atoms with Crippen LogP contribution in [0, 0.1) is 12.8 Å². The number of rotatable bonds is 7. The highest BCUT2D eigenvalue weighted by Crippen LogP contribution is 2.49. The zero-order chi connectivity index (χ0) is 21.9. The van der Waals surface area contributed by atoms with E-state index in [0.29, 0.717) is 17.9 Å². The summed E-state index contributed by atoms with van der Waals surface area (Å²) < 4.78 is 2.32. The number of nitrogens with zero attached hydrogens (tertiary/aromatic N) is 2. The highest BCUT2D eigenvalue weighted by Gasteiger charge is 2.46. The third-order valence-electron chi connectivity index (χ3n) is 7.33. The van der Waals surface area contributed by atoms with Crippen LogP contribution in [0.4, 0.5) is 0 Å². The van der Waals surface area contributed by atoms with Crippen LogP contribution in [0.1, 0.15) is 66.8 Å². The summed E-state index contributed by atoms with van der Waals surface area (Å²) in [5.41, 5.74) is 5.15. The average Bonchev–Trinajstić information content (AvgIpc) is 3.52. The quantitative estimate of drug-likeness (QED) is 0.435. The largest absolute Gasteiger partial charge is 0.345 e. The fourth-order valence-electron chi connectivity index (χ4n) is 5.46. The maximum atomic E-state index is 13.7. The number of aryl methyl sites for hydroxylation is 1. The summed E-state index contributed by atoms with van der Waals surface area (Å²) in [5, 5.41) is 0. The molecule has 1 amide bonds. The molecular weight excluding hydrogens is 392 g/mol. The smallest absolute Gasteiger partial charge is 0.226 e. The third kappa shape index (κ3) is 4.67. The molecule has 166 valence electrons. The molecule has 2 saturated carbocycles. The second kappa shape index (κ2) is 9.36. The van der Waals surface area contributed by atoms with Crippen LogP contribution in [0.25, 0.3) is 0 Å². The predicted molar refractivity (Wildman–Crippen MR) is 129 cm³/mol. The molecule has 0 radical (unpaired) electrons. The number of amides is 1. The highest BCUT2D eigenvalue weighted by molar-refractivity contribution is 5.83. The summed E-state index contributed by atoms with van der Waals surface area (Å²) in [6.07, 6.45) is 9.23. The van der Waals surface area contributed by atoms with E-state index in [1.54, 1.807) is 0 Å². The average molecular weight is 427 g/mol. The molecule has 0 saturated heterocycles. The van der Waals surface area contributed by atoms with Crippen molar-refractivity contribution < 1.29 is 4.79 Å². The van der Waals surface area contributed by atoms with Crippen molar-refractivity contribution in [1.82, 2.24) is 9.47 Å². The molecule has 2 atom stereocenters. The normalized spacial score (nSPS) is 20.8. The molecule has 2 aliphatic rings. The van der Waals surface area contributed by atoms with Gasteiger partial charge in [0.1, 0.15) is 0 Å². The van der Waals surface area contributed by atoms with E-state index < -0.39 is 0 Å². The lowest BCUT2D eigenvalue weighted by Crippen LogP contribution is -2.42. The summed E-state index contributed by atoms with van der Waals surface area (Å²) in [6, 6.07) is 24.0. The molecule has 1 aromatic heterocycles. The lowest BCUT2D eigenvalue weighted by Gasteiger charge is -2.35. The van der Waals surface area contributed by atoms with Crippen molar-refractivity contribution >= 4 is 5.91 Å². The molecule has 2 aromatic carbocycles. The topological polar surface area (TPSA) is 25.2 Å². The van der Waals surface area contributed by atoms with Crippen LogP contribution >= 0.6 is 0 Å². The van der Waals surface area contributed by atoms with Crippen molar-refractivity contribution in [2.75, 3.05) is 0 Å². The van der Waals surface area contributed by atoms with Crippen LogP contribution in [-0.4, -0.2) is 21.4 Å².